The monoisotopic (exact) mass is 263 g/mol. The fourth-order valence-electron chi connectivity index (χ4n) is 1.78. The Hall–Kier alpha value is -2.37. The van der Waals surface area contributed by atoms with Crippen LogP contribution >= 0.6 is 0 Å². The highest BCUT2D eigenvalue weighted by atomic mass is 19.1. The summed E-state index contributed by atoms with van der Waals surface area (Å²) in [4.78, 5) is 25.5. The fourth-order valence-corrected chi connectivity index (χ4v) is 1.78. The Morgan fingerprint density at radius 1 is 1.11 bits per heavy atom. The van der Waals surface area contributed by atoms with E-state index in [1.165, 1.54) is 41.9 Å². The van der Waals surface area contributed by atoms with Gasteiger partial charge in [0.25, 0.3) is 5.56 Å². The van der Waals surface area contributed by atoms with Crippen molar-refractivity contribution in [3.05, 3.63) is 57.0 Å². The van der Waals surface area contributed by atoms with Crippen LogP contribution in [0.2, 0.25) is 0 Å². The second-order valence-corrected chi connectivity index (χ2v) is 4.39. The quantitative estimate of drug-likeness (QED) is 0.803. The first-order chi connectivity index (χ1) is 8.91. The molecule has 0 aliphatic rings. The second kappa shape index (κ2) is 4.72. The number of hydrogen-bond acceptors (Lipinski definition) is 3. The molecular formula is C13H14FN3O2. The van der Waals surface area contributed by atoms with E-state index in [0.29, 0.717) is 11.5 Å². The van der Waals surface area contributed by atoms with Gasteiger partial charge in [-0.1, -0.05) is 0 Å². The minimum absolute atomic E-state index is 0.381. The lowest BCUT2D eigenvalue weighted by Gasteiger charge is -2.19. The van der Waals surface area contributed by atoms with Crippen LogP contribution in [0.4, 0.5) is 10.2 Å². The maximum absolute atomic E-state index is 13.0. The Bertz CT molecular complexity index is 714. The third kappa shape index (κ3) is 2.29. The van der Waals surface area contributed by atoms with Gasteiger partial charge in [-0.25, -0.2) is 13.8 Å². The van der Waals surface area contributed by atoms with Gasteiger partial charge in [0.05, 0.1) is 5.69 Å². The minimum Gasteiger partial charge on any atom is -0.364 e. The molecule has 100 valence electrons. The average Bonchev–Trinajstić information content (AvgIpc) is 2.37. The summed E-state index contributed by atoms with van der Waals surface area (Å²) in [6.45, 7) is 0. The number of rotatable bonds is 2. The third-order valence-electron chi connectivity index (χ3n) is 2.83. The maximum Gasteiger partial charge on any atom is 0.336 e. The standard InChI is InChI=1S/C13H14FN3O2/c1-15(2)11-8-12(18)16(3)13(19)17(11)10-6-4-9(14)5-7-10/h4-8H,1-3H3. The van der Waals surface area contributed by atoms with Crippen LogP contribution < -0.4 is 16.1 Å². The summed E-state index contributed by atoms with van der Waals surface area (Å²) in [5.74, 6) is 0.0627. The van der Waals surface area contributed by atoms with Crippen molar-refractivity contribution in [1.82, 2.24) is 9.13 Å². The van der Waals surface area contributed by atoms with Crippen LogP contribution in [0.25, 0.3) is 5.69 Å². The molecule has 1 aromatic carbocycles. The van der Waals surface area contributed by atoms with Gasteiger partial charge >= 0.3 is 5.69 Å². The van der Waals surface area contributed by atoms with Gasteiger partial charge in [-0.15, -0.1) is 0 Å². The highest BCUT2D eigenvalue weighted by Gasteiger charge is 2.12. The van der Waals surface area contributed by atoms with Crippen molar-refractivity contribution in [1.29, 1.82) is 0 Å². The van der Waals surface area contributed by atoms with E-state index >= 15 is 0 Å². The van der Waals surface area contributed by atoms with Crippen LogP contribution in [0.3, 0.4) is 0 Å². The molecule has 1 heterocycles. The highest BCUT2D eigenvalue weighted by Crippen LogP contribution is 2.14. The van der Waals surface area contributed by atoms with E-state index in [1.807, 2.05) is 0 Å². The Kier molecular flexibility index (Phi) is 3.25. The molecule has 0 fully saturated rings. The molecule has 1 aromatic heterocycles. The molecule has 6 heteroatoms. The molecule has 19 heavy (non-hydrogen) atoms. The smallest absolute Gasteiger partial charge is 0.336 e. The lowest BCUT2D eigenvalue weighted by atomic mass is 10.3. The van der Waals surface area contributed by atoms with E-state index < -0.39 is 5.69 Å². The molecule has 0 aliphatic carbocycles. The molecule has 0 atom stereocenters. The molecule has 2 aromatic rings. The van der Waals surface area contributed by atoms with Crippen LogP contribution in [0.1, 0.15) is 0 Å². The maximum atomic E-state index is 13.0. The first kappa shape index (κ1) is 13.1. The van der Waals surface area contributed by atoms with Gasteiger partial charge in [0.1, 0.15) is 11.6 Å². The van der Waals surface area contributed by atoms with Crippen molar-refractivity contribution in [2.24, 2.45) is 7.05 Å². The van der Waals surface area contributed by atoms with Gasteiger partial charge < -0.3 is 4.90 Å². The SMILES string of the molecule is CN(C)c1cc(=O)n(C)c(=O)n1-c1ccc(F)cc1. The molecule has 0 saturated heterocycles. The normalized spacial score (nSPS) is 10.5. The van der Waals surface area contributed by atoms with E-state index in [1.54, 1.807) is 19.0 Å². The van der Waals surface area contributed by atoms with E-state index in [2.05, 4.69) is 0 Å². The van der Waals surface area contributed by atoms with Gasteiger partial charge in [0.2, 0.25) is 0 Å². The first-order valence-corrected chi connectivity index (χ1v) is 5.68. The van der Waals surface area contributed by atoms with Gasteiger partial charge in [-0.3, -0.25) is 9.36 Å². The predicted molar refractivity (Wildman–Crippen MR) is 71.6 cm³/mol. The van der Waals surface area contributed by atoms with Gasteiger partial charge in [0, 0.05) is 27.2 Å². The van der Waals surface area contributed by atoms with E-state index in [4.69, 9.17) is 0 Å². The Morgan fingerprint density at radius 2 is 1.68 bits per heavy atom. The largest absolute Gasteiger partial charge is 0.364 e. The molecule has 2 rings (SSSR count). The average molecular weight is 263 g/mol. The topological polar surface area (TPSA) is 47.2 Å². The Balaban J connectivity index is 2.81. The van der Waals surface area contributed by atoms with Gasteiger partial charge in [0.15, 0.2) is 0 Å². The second-order valence-electron chi connectivity index (χ2n) is 4.39. The molecular weight excluding hydrogens is 249 g/mol. The highest BCUT2D eigenvalue weighted by molar-refractivity contribution is 5.46. The minimum atomic E-state index is -0.470. The Morgan fingerprint density at radius 3 is 2.21 bits per heavy atom. The summed E-state index contributed by atoms with van der Waals surface area (Å²) in [6, 6.07) is 6.89. The number of nitrogens with zero attached hydrogens (tertiary/aromatic N) is 3. The fraction of sp³-hybridized carbons (Fsp3) is 0.231. The predicted octanol–water partition coefficient (Wildman–Crippen LogP) is 0.741. The van der Waals surface area contributed by atoms with Crippen molar-refractivity contribution in [3.8, 4) is 5.69 Å². The van der Waals surface area contributed by atoms with Crippen LogP contribution in [-0.4, -0.2) is 23.2 Å². The van der Waals surface area contributed by atoms with Crippen LogP contribution in [0, 0.1) is 5.82 Å². The number of benzene rings is 1. The van der Waals surface area contributed by atoms with Gasteiger partial charge in [-0.2, -0.15) is 0 Å². The lowest BCUT2D eigenvalue weighted by molar-refractivity contribution is 0.626. The van der Waals surface area contributed by atoms with Crippen LogP contribution in [-0.2, 0) is 7.05 Å². The summed E-state index contributed by atoms with van der Waals surface area (Å²) < 4.78 is 15.3. The van der Waals surface area contributed by atoms with Crippen molar-refractivity contribution < 1.29 is 4.39 Å². The zero-order chi connectivity index (χ0) is 14.2. The summed E-state index contributed by atoms with van der Waals surface area (Å²) in [5, 5.41) is 0. The van der Waals surface area contributed by atoms with Crippen LogP contribution in [0.15, 0.2) is 39.9 Å². The molecule has 0 bridgehead atoms. The van der Waals surface area contributed by atoms with Crippen molar-refractivity contribution in [2.75, 3.05) is 19.0 Å². The summed E-state index contributed by atoms with van der Waals surface area (Å²) in [6.07, 6.45) is 0. The number of aromatic nitrogens is 2. The molecule has 0 radical (unpaired) electrons. The zero-order valence-corrected chi connectivity index (χ0v) is 10.9. The summed E-state index contributed by atoms with van der Waals surface area (Å²) >= 11 is 0. The van der Waals surface area contributed by atoms with Crippen LogP contribution in [0.5, 0.6) is 0 Å². The summed E-state index contributed by atoms with van der Waals surface area (Å²) in [5.41, 5.74) is -0.347. The first-order valence-electron chi connectivity index (χ1n) is 5.68. The third-order valence-corrected chi connectivity index (χ3v) is 2.83. The molecule has 0 N–H and O–H groups in total. The molecule has 5 nitrogen and oxygen atoms in total. The van der Waals surface area contributed by atoms with E-state index in [0.717, 1.165) is 4.57 Å². The molecule has 0 spiro atoms. The van der Waals surface area contributed by atoms with Crippen molar-refractivity contribution >= 4 is 5.82 Å². The lowest BCUT2D eigenvalue weighted by Crippen LogP contribution is -2.39. The number of anilines is 1. The Labute approximate surface area is 109 Å². The molecule has 0 aliphatic heterocycles. The van der Waals surface area contributed by atoms with E-state index in [9.17, 15) is 14.0 Å². The van der Waals surface area contributed by atoms with Crippen molar-refractivity contribution in [3.63, 3.8) is 0 Å². The summed E-state index contributed by atoms with van der Waals surface area (Å²) in [7, 11) is 4.87. The molecule has 0 saturated carbocycles. The zero-order valence-electron chi connectivity index (χ0n) is 10.9. The number of halogens is 1. The molecule has 0 unspecified atom stereocenters. The van der Waals surface area contributed by atoms with Gasteiger partial charge in [-0.05, 0) is 24.3 Å². The number of hydrogen-bond donors (Lipinski definition) is 0. The van der Waals surface area contributed by atoms with Crippen molar-refractivity contribution in [2.45, 2.75) is 0 Å². The molecule has 0 amide bonds. The van der Waals surface area contributed by atoms with E-state index in [-0.39, 0.29) is 11.4 Å².